The van der Waals surface area contributed by atoms with E-state index in [1.807, 2.05) is 49.6 Å². The number of anilines is 4. The summed E-state index contributed by atoms with van der Waals surface area (Å²) in [5.74, 6) is 1.78. The van der Waals surface area contributed by atoms with Crippen molar-refractivity contribution in [1.29, 1.82) is 0 Å². The van der Waals surface area contributed by atoms with Gasteiger partial charge in [0.15, 0.2) is 0 Å². The van der Waals surface area contributed by atoms with Gasteiger partial charge in [-0.2, -0.15) is 6.07 Å². The predicted molar refractivity (Wildman–Crippen MR) is 330 cm³/mol. The molecule has 0 N–H and O–H groups in total. The Labute approximate surface area is 496 Å². The molecular formula is C62H70B6N5O7Pt-3. The van der Waals surface area contributed by atoms with E-state index in [1.54, 1.807) is 0 Å². The Kier molecular flexibility index (Phi) is 15.8. The molecule has 0 atom stereocenters. The van der Waals surface area contributed by atoms with Crippen molar-refractivity contribution >= 4 is 98.2 Å². The molecule has 0 unspecified atom stereocenters. The Hall–Kier alpha value is -5.56. The zero-order valence-electron chi connectivity index (χ0n) is 49.6. The van der Waals surface area contributed by atoms with Crippen molar-refractivity contribution in [2.75, 3.05) is 9.80 Å². The van der Waals surface area contributed by atoms with E-state index >= 15 is 0 Å². The quantitative estimate of drug-likeness (QED) is 0.107. The number of rotatable bonds is 8. The van der Waals surface area contributed by atoms with Crippen molar-refractivity contribution in [2.24, 2.45) is 0 Å². The van der Waals surface area contributed by atoms with Crippen LogP contribution in [0.1, 0.15) is 115 Å². The van der Waals surface area contributed by atoms with E-state index in [2.05, 4.69) is 222 Å². The minimum atomic E-state index is -0.845. The van der Waals surface area contributed by atoms with Gasteiger partial charge in [-0.1, -0.05) is 201 Å². The summed E-state index contributed by atoms with van der Waals surface area (Å²) in [5.41, 5.74) is 10.7. The molecular weight excluding hydrogens is 1190 g/mol. The molecule has 19 heteroatoms. The van der Waals surface area contributed by atoms with Gasteiger partial charge >= 0.3 is 42.7 Å². The second-order valence-electron chi connectivity index (χ2n) is 26.9. The molecule has 0 aliphatic carbocycles. The Morgan fingerprint density at radius 1 is 0.531 bits per heavy atom. The van der Waals surface area contributed by atoms with Crippen LogP contribution in [0.4, 0.5) is 22.7 Å². The molecule has 0 saturated carbocycles. The second kappa shape index (κ2) is 21.9. The maximum Gasteiger partial charge on any atom is 0.468 e. The first-order valence-electron chi connectivity index (χ1n) is 27.9. The minimum Gasteiger partial charge on any atom is -0.507 e. The normalized spacial score (nSPS) is 15.8. The number of benzene rings is 5. The van der Waals surface area contributed by atoms with E-state index in [0.717, 1.165) is 66.7 Å². The van der Waals surface area contributed by atoms with Crippen LogP contribution in [0.2, 0.25) is 21.3 Å². The molecule has 6 heterocycles. The molecule has 3 aliphatic rings. The van der Waals surface area contributed by atoms with Gasteiger partial charge in [-0.15, -0.1) is 30.3 Å². The molecule has 0 bridgehead atoms. The topological polar surface area (TPSA) is 102 Å². The molecule has 0 radical (unpaired) electrons. The fourth-order valence-electron chi connectivity index (χ4n) is 10.3. The molecule has 8 aromatic rings. The molecule has 12 nitrogen and oxygen atoms in total. The molecule has 5 aromatic carbocycles. The zero-order chi connectivity index (χ0) is 56.8. The maximum atomic E-state index is 6.91. The first-order chi connectivity index (χ1) is 37.7. The first-order valence-corrected chi connectivity index (χ1v) is 27.9. The van der Waals surface area contributed by atoms with Gasteiger partial charge < -0.3 is 51.5 Å². The van der Waals surface area contributed by atoms with Gasteiger partial charge in [-0.05, 0) is 84.8 Å². The molecule has 2 fully saturated rings. The number of pyridine rings is 2. The minimum absolute atomic E-state index is 0. The SMILES string of the molecule is Cc1ncc(N2[CH-]N(c3c(B4OB(C(C)(C)C)OB(C(C)(C)C)O4)cccc3B3OB(C(C)(C)C)OB(C(C)(C)C)O3)c3ccccc32)[c-]c1Oc1[c-]c2c(cc1)c1cc(-c3ccccc3)ccc1n2-c1cc(C(C)(C)C)ccn1.[Pt]. The third kappa shape index (κ3) is 11.7. The zero-order valence-corrected chi connectivity index (χ0v) is 51.8. The van der Waals surface area contributed by atoms with E-state index in [9.17, 15) is 0 Å². The van der Waals surface area contributed by atoms with Gasteiger partial charge in [0.1, 0.15) is 5.82 Å². The summed E-state index contributed by atoms with van der Waals surface area (Å²) in [6, 6.07) is 47.2. The summed E-state index contributed by atoms with van der Waals surface area (Å²) in [6.45, 7) is 36.1. The number of hydrogen-bond acceptors (Lipinski definition) is 11. The number of fused-ring (bicyclic) bond motifs is 4. The van der Waals surface area contributed by atoms with Gasteiger partial charge in [-0.3, -0.25) is 0 Å². The number of aromatic nitrogens is 3. The van der Waals surface area contributed by atoms with Crippen LogP contribution in [0.15, 0.2) is 128 Å². The molecule has 0 spiro atoms. The third-order valence-electron chi connectivity index (χ3n) is 14.8. The van der Waals surface area contributed by atoms with Gasteiger partial charge in [-0.25, -0.2) is 4.98 Å². The predicted octanol–water partition coefficient (Wildman–Crippen LogP) is 14.3. The van der Waals surface area contributed by atoms with Crippen molar-refractivity contribution in [3.8, 4) is 28.4 Å². The van der Waals surface area contributed by atoms with Gasteiger partial charge in [0, 0.05) is 72.3 Å². The van der Waals surface area contributed by atoms with E-state index < -0.39 is 42.7 Å². The summed E-state index contributed by atoms with van der Waals surface area (Å²) in [4.78, 5) is 14.2. The number of para-hydroxylation sites is 3. The van der Waals surface area contributed by atoms with Crippen LogP contribution in [-0.4, -0.2) is 57.2 Å². The summed E-state index contributed by atoms with van der Waals surface area (Å²) in [5, 5.41) is 0.608. The van der Waals surface area contributed by atoms with Crippen LogP contribution < -0.4 is 25.5 Å². The fourth-order valence-corrected chi connectivity index (χ4v) is 10.3. The van der Waals surface area contributed by atoms with Crippen LogP contribution in [0.3, 0.4) is 0 Å². The van der Waals surface area contributed by atoms with E-state index in [0.29, 0.717) is 22.9 Å². The average molecular weight is 1260 g/mol. The van der Waals surface area contributed by atoms with Crippen LogP contribution in [0.25, 0.3) is 38.8 Å². The van der Waals surface area contributed by atoms with Crippen LogP contribution in [0, 0.1) is 25.7 Å². The molecule has 3 aliphatic heterocycles. The molecule has 416 valence electrons. The number of ether oxygens (including phenoxy) is 1. The van der Waals surface area contributed by atoms with Crippen molar-refractivity contribution in [3.05, 3.63) is 158 Å². The van der Waals surface area contributed by atoms with E-state index in [-0.39, 0.29) is 47.7 Å². The van der Waals surface area contributed by atoms with Crippen molar-refractivity contribution in [3.63, 3.8) is 0 Å². The summed E-state index contributed by atoms with van der Waals surface area (Å²) in [7, 11) is -4.04. The summed E-state index contributed by atoms with van der Waals surface area (Å²) in [6.07, 6.45) is 3.72. The number of aryl methyl sites for hydroxylation is 1. The molecule has 81 heavy (non-hydrogen) atoms. The second-order valence-corrected chi connectivity index (χ2v) is 26.9. The largest absolute Gasteiger partial charge is 0.507 e. The first kappa shape index (κ1) is 58.6. The Morgan fingerprint density at radius 2 is 1.09 bits per heavy atom. The standard InChI is InChI=1S/C62H70B6N5O7.Pt/c1-41-55(74-46-30-31-47-48-35-43(42-23-18-17-19-24-42)29-32-51(48)73(54(47)38-46)56-36-44(33-34-69-56)58(2,3)4)37-45(39-70-41)71-40-72(53-28-21-20-27-52(53)71)57-49(63-75-65(59(5,6)7)79-66(76-63)60(8,9)10)25-22-26-50(57)64-77-67(61(11,12)13)80-68(78-64)62(14,15)16;/h17-36,39-40H,1-16H3;/q-3;. The van der Waals surface area contributed by atoms with Crippen molar-refractivity contribution < 1.29 is 53.2 Å². The van der Waals surface area contributed by atoms with Gasteiger partial charge in [0.25, 0.3) is 0 Å². The Balaban J connectivity index is 0.00000736. The number of nitrogens with zero attached hydrogens (tertiary/aromatic N) is 5. The summed E-state index contributed by atoms with van der Waals surface area (Å²) >= 11 is 0. The fraction of sp³-hybridized carbons (Fsp3) is 0.339. The van der Waals surface area contributed by atoms with Gasteiger partial charge in [0.2, 0.25) is 0 Å². The third-order valence-corrected chi connectivity index (χ3v) is 14.8. The van der Waals surface area contributed by atoms with E-state index in [4.69, 9.17) is 42.1 Å². The molecule has 11 rings (SSSR count). The Bertz CT molecular complexity index is 3500. The van der Waals surface area contributed by atoms with Crippen LogP contribution in [0.5, 0.6) is 11.5 Å². The molecule has 0 amide bonds. The number of hydrogen-bond donors (Lipinski definition) is 0. The smallest absolute Gasteiger partial charge is 0.468 e. The molecule has 2 saturated heterocycles. The van der Waals surface area contributed by atoms with Crippen molar-refractivity contribution in [1.82, 2.24) is 14.5 Å². The van der Waals surface area contributed by atoms with Crippen molar-refractivity contribution in [2.45, 2.75) is 137 Å². The van der Waals surface area contributed by atoms with E-state index in [1.165, 1.54) is 5.56 Å². The average Bonchev–Trinajstić information content (AvgIpc) is 4.20. The monoisotopic (exact) mass is 1260 g/mol. The summed E-state index contributed by atoms with van der Waals surface area (Å²) < 4.78 is 49.9. The molecule has 3 aromatic heterocycles. The van der Waals surface area contributed by atoms with Crippen LogP contribution >= 0.6 is 0 Å². The van der Waals surface area contributed by atoms with Crippen LogP contribution in [-0.2, 0) is 53.9 Å². The Morgan fingerprint density at radius 3 is 1.64 bits per heavy atom. The maximum absolute atomic E-state index is 6.91. The van der Waals surface area contributed by atoms with Gasteiger partial charge in [0.05, 0.1) is 0 Å².